The largest absolute Gasteiger partial charge is 0.293 e. The molecule has 0 saturated carbocycles. The van der Waals surface area contributed by atoms with Crippen LogP contribution in [-0.2, 0) is 19.5 Å². The molecule has 3 rings (SSSR count). The highest BCUT2D eigenvalue weighted by Gasteiger charge is 2.20. The number of aryl methyl sites for hydroxylation is 1. The van der Waals surface area contributed by atoms with Crippen molar-refractivity contribution >= 4 is 11.8 Å². The highest BCUT2D eigenvalue weighted by atomic mass is 32.2. The van der Waals surface area contributed by atoms with Crippen molar-refractivity contribution in [2.24, 2.45) is 0 Å². The maximum Gasteiger partial charge on any atom is 0.187 e. The van der Waals surface area contributed by atoms with Crippen LogP contribution in [0.15, 0.2) is 35.5 Å². The monoisotopic (exact) mass is 285 g/mol. The minimum absolute atomic E-state index is 0.891. The lowest BCUT2D eigenvalue weighted by molar-refractivity contribution is 0.239. The van der Waals surface area contributed by atoms with Gasteiger partial charge in [0.25, 0.3) is 0 Å². The zero-order valence-electron chi connectivity index (χ0n) is 12.0. The summed E-state index contributed by atoms with van der Waals surface area (Å²) >= 11 is 1.62. The molecule has 0 spiro atoms. The number of hydrogen-bond acceptors (Lipinski definition) is 4. The number of aromatic nitrogens is 2. The molecule has 0 amide bonds. The van der Waals surface area contributed by atoms with Gasteiger partial charge >= 0.3 is 0 Å². The Morgan fingerprint density at radius 3 is 2.75 bits per heavy atom. The van der Waals surface area contributed by atoms with E-state index in [0.29, 0.717) is 0 Å². The third-order valence-corrected chi connectivity index (χ3v) is 4.31. The number of thioether (sulfide) groups is 1. The maximum absolute atomic E-state index is 4.69. The fourth-order valence-electron chi connectivity index (χ4n) is 2.71. The summed E-state index contributed by atoms with van der Waals surface area (Å²) in [6.45, 7) is 5.12. The van der Waals surface area contributed by atoms with Gasteiger partial charge in [0.1, 0.15) is 0 Å². The summed E-state index contributed by atoms with van der Waals surface area (Å²) < 4.78 is 0. The quantitative estimate of drug-likeness (QED) is 0.640. The van der Waals surface area contributed by atoms with E-state index in [4.69, 9.17) is 4.98 Å². The molecular formula is C16H19N3S. The van der Waals surface area contributed by atoms with Gasteiger partial charge in [-0.05, 0) is 30.7 Å². The fraction of sp³-hybridized carbons (Fsp3) is 0.375. The van der Waals surface area contributed by atoms with Gasteiger partial charge in [-0.2, -0.15) is 0 Å². The van der Waals surface area contributed by atoms with E-state index < -0.39 is 0 Å². The second-order valence-corrected chi connectivity index (χ2v) is 5.94. The molecular weight excluding hydrogens is 266 g/mol. The summed E-state index contributed by atoms with van der Waals surface area (Å²) in [7, 11) is 0. The maximum atomic E-state index is 4.69. The van der Waals surface area contributed by atoms with Crippen LogP contribution in [0.25, 0.3) is 0 Å². The molecule has 0 saturated heterocycles. The van der Waals surface area contributed by atoms with E-state index in [9.17, 15) is 0 Å². The minimum atomic E-state index is 0.891. The first kappa shape index (κ1) is 13.6. The molecule has 1 aliphatic heterocycles. The second kappa shape index (κ2) is 5.94. The molecule has 0 fully saturated rings. The van der Waals surface area contributed by atoms with E-state index in [0.717, 1.165) is 36.9 Å². The zero-order valence-corrected chi connectivity index (χ0v) is 12.8. The summed E-state index contributed by atoms with van der Waals surface area (Å²) in [4.78, 5) is 11.7. The van der Waals surface area contributed by atoms with Gasteiger partial charge in [0, 0.05) is 25.3 Å². The lowest BCUT2D eigenvalue weighted by Crippen LogP contribution is -2.31. The number of rotatable bonds is 3. The molecule has 0 aliphatic carbocycles. The van der Waals surface area contributed by atoms with Crippen LogP contribution < -0.4 is 0 Å². The van der Waals surface area contributed by atoms with Gasteiger partial charge in [-0.3, -0.25) is 4.90 Å². The Balaban J connectivity index is 1.79. The lowest BCUT2D eigenvalue weighted by Gasteiger charge is -2.28. The summed E-state index contributed by atoms with van der Waals surface area (Å²) in [6.07, 6.45) is 3.09. The van der Waals surface area contributed by atoms with Gasteiger partial charge in [0.15, 0.2) is 5.16 Å². The highest BCUT2D eigenvalue weighted by Crippen LogP contribution is 2.23. The minimum Gasteiger partial charge on any atom is -0.293 e. The van der Waals surface area contributed by atoms with Crippen molar-refractivity contribution in [2.45, 2.75) is 31.6 Å². The predicted octanol–water partition coefficient (Wildman–Crippen LogP) is 3.07. The zero-order chi connectivity index (χ0) is 13.9. The SMILES string of the molecule is CSc1nc(C)c2c(n1)CN(Cc1ccccc1)CC2. The third-order valence-electron chi connectivity index (χ3n) is 3.76. The molecule has 0 bridgehead atoms. The Hall–Kier alpha value is -1.39. The second-order valence-electron chi connectivity index (χ2n) is 5.17. The number of benzene rings is 1. The van der Waals surface area contributed by atoms with E-state index in [1.807, 2.05) is 6.26 Å². The van der Waals surface area contributed by atoms with Gasteiger partial charge in [0.05, 0.1) is 5.69 Å². The smallest absolute Gasteiger partial charge is 0.187 e. The molecule has 2 aromatic rings. The van der Waals surface area contributed by atoms with E-state index in [1.54, 1.807) is 11.8 Å². The van der Waals surface area contributed by atoms with Crippen molar-refractivity contribution in [3.8, 4) is 0 Å². The Kier molecular flexibility index (Phi) is 4.03. The van der Waals surface area contributed by atoms with E-state index in [2.05, 4.69) is 47.1 Å². The van der Waals surface area contributed by atoms with Crippen LogP contribution in [-0.4, -0.2) is 27.7 Å². The Morgan fingerprint density at radius 2 is 2.00 bits per heavy atom. The van der Waals surface area contributed by atoms with Crippen LogP contribution in [0.1, 0.15) is 22.5 Å². The van der Waals surface area contributed by atoms with Crippen molar-refractivity contribution in [3.05, 3.63) is 52.8 Å². The van der Waals surface area contributed by atoms with Crippen LogP contribution in [0.3, 0.4) is 0 Å². The molecule has 104 valence electrons. The average Bonchev–Trinajstić information content (AvgIpc) is 2.48. The number of fused-ring (bicyclic) bond motifs is 1. The van der Waals surface area contributed by atoms with Crippen molar-refractivity contribution in [3.63, 3.8) is 0 Å². The topological polar surface area (TPSA) is 29.0 Å². The van der Waals surface area contributed by atoms with Gasteiger partial charge in [-0.25, -0.2) is 9.97 Å². The van der Waals surface area contributed by atoms with E-state index in [1.165, 1.54) is 16.8 Å². The van der Waals surface area contributed by atoms with Crippen LogP contribution in [0, 0.1) is 6.92 Å². The molecule has 0 atom stereocenters. The summed E-state index contributed by atoms with van der Waals surface area (Å²) in [5, 5.41) is 0.891. The van der Waals surface area contributed by atoms with Crippen molar-refractivity contribution in [1.29, 1.82) is 0 Å². The molecule has 0 radical (unpaired) electrons. The molecule has 1 aromatic heterocycles. The predicted molar refractivity (Wildman–Crippen MR) is 82.8 cm³/mol. The molecule has 4 heteroatoms. The Morgan fingerprint density at radius 1 is 1.20 bits per heavy atom. The normalized spacial score (nSPS) is 15.1. The summed E-state index contributed by atoms with van der Waals surface area (Å²) in [5.74, 6) is 0. The van der Waals surface area contributed by atoms with Crippen LogP contribution in [0.4, 0.5) is 0 Å². The number of nitrogens with zero attached hydrogens (tertiary/aromatic N) is 3. The molecule has 2 heterocycles. The fourth-order valence-corrected chi connectivity index (χ4v) is 3.14. The first-order chi connectivity index (χ1) is 9.76. The number of hydrogen-bond donors (Lipinski definition) is 0. The Bertz CT molecular complexity index is 598. The van der Waals surface area contributed by atoms with E-state index in [-0.39, 0.29) is 0 Å². The Labute approximate surface area is 124 Å². The van der Waals surface area contributed by atoms with Crippen molar-refractivity contribution in [2.75, 3.05) is 12.8 Å². The van der Waals surface area contributed by atoms with Gasteiger partial charge in [-0.1, -0.05) is 42.1 Å². The molecule has 0 unspecified atom stereocenters. The first-order valence-corrected chi connectivity index (χ1v) is 8.15. The highest BCUT2D eigenvalue weighted by molar-refractivity contribution is 7.98. The summed E-state index contributed by atoms with van der Waals surface area (Å²) in [6, 6.07) is 10.6. The first-order valence-electron chi connectivity index (χ1n) is 6.93. The van der Waals surface area contributed by atoms with Crippen LogP contribution >= 0.6 is 11.8 Å². The average molecular weight is 285 g/mol. The molecule has 0 N–H and O–H groups in total. The lowest BCUT2D eigenvalue weighted by atomic mass is 10.0. The van der Waals surface area contributed by atoms with E-state index >= 15 is 0 Å². The van der Waals surface area contributed by atoms with Crippen molar-refractivity contribution in [1.82, 2.24) is 14.9 Å². The van der Waals surface area contributed by atoms with Gasteiger partial charge in [-0.15, -0.1) is 0 Å². The van der Waals surface area contributed by atoms with Gasteiger partial charge < -0.3 is 0 Å². The van der Waals surface area contributed by atoms with Gasteiger partial charge in [0.2, 0.25) is 0 Å². The van der Waals surface area contributed by atoms with Crippen LogP contribution in [0.2, 0.25) is 0 Å². The molecule has 3 nitrogen and oxygen atoms in total. The third kappa shape index (κ3) is 2.86. The molecule has 1 aromatic carbocycles. The standard InChI is InChI=1S/C16H19N3S/c1-12-14-8-9-19(10-13-6-4-3-5-7-13)11-15(14)18-16(17-12)20-2/h3-7H,8-11H2,1-2H3. The molecule has 20 heavy (non-hydrogen) atoms. The summed E-state index contributed by atoms with van der Waals surface area (Å²) in [5.41, 5.74) is 5.08. The van der Waals surface area contributed by atoms with Crippen LogP contribution in [0.5, 0.6) is 0 Å². The van der Waals surface area contributed by atoms with Crippen molar-refractivity contribution < 1.29 is 0 Å². The molecule has 1 aliphatic rings.